The number of anilines is 1. The maximum absolute atomic E-state index is 12.4. The van der Waals surface area contributed by atoms with Gasteiger partial charge in [-0.2, -0.15) is 0 Å². The number of ether oxygens (including phenoxy) is 1. The van der Waals surface area contributed by atoms with Crippen molar-refractivity contribution in [3.63, 3.8) is 0 Å². The molecule has 1 aliphatic carbocycles. The van der Waals surface area contributed by atoms with E-state index < -0.39 is 0 Å². The maximum Gasteiger partial charge on any atom is 0.252 e. The summed E-state index contributed by atoms with van der Waals surface area (Å²) in [5, 5.41) is 3.44. The predicted octanol–water partition coefficient (Wildman–Crippen LogP) is 4.46. The topological polar surface area (TPSA) is 71.5 Å². The molecule has 0 bridgehead atoms. The molecule has 164 valence electrons. The van der Waals surface area contributed by atoms with Crippen LogP contribution in [-0.4, -0.2) is 42.6 Å². The number of hydrogen-bond donors (Lipinski definition) is 1. The van der Waals surface area contributed by atoms with Crippen molar-refractivity contribution in [3.8, 4) is 11.3 Å². The lowest BCUT2D eigenvalue weighted by molar-refractivity contribution is -0.116. The van der Waals surface area contributed by atoms with E-state index in [2.05, 4.69) is 10.3 Å². The van der Waals surface area contributed by atoms with Gasteiger partial charge in [0.25, 0.3) is 5.91 Å². The molecular formula is C24H28ClN3O3. The van der Waals surface area contributed by atoms with Crippen LogP contribution in [0.5, 0.6) is 0 Å². The van der Waals surface area contributed by atoms with Crippen molar-refractivity contribution in [2.45, 2.75) is 45.1 Å². The third-order valence-electron chi connectivity index (χ3n) is 5.84. The highest BCUT2D eigenvalue weighted by Gasteiger charge is 2.27. The molecule has 2 aliphatic rings. The highest BCUT2D eigenvalue weighted by atomic mass is 35.5. The molecule has 1 unspecified atom stereocenters. The SMILES string of the molecule is CC(=O)N(CC1CC1)c1ccc(-c2ccc(C(=O)NCC3CCCCO3)cn2)cc1Cl. The first kappa shape index (κ1) is 21.8. The van der Waals surface area contributed by atoms with Crippen molar-refractivity contribution >= 4 is 29.1 Å². The summed E-state index contributed by atoms with van der Waals surface area (Å²) < 4.78 is 5.65. The van der Waals surface area contributed by atoms with Crippen molar-refractivity contribution in [1.29, 1.82) is 0 Å². The average Bonchev–Trinajstić information content (AvgIpc) is 3.61. The second-order valence-electron chi connectivity index (χ2n) is 8.37. The Labute approximate surface area is 187 Å². The first-order valence-electron chi connectivity index (χ1n) is 10.9. The Morgan fingerprint density at radius 3 is 2.65 bits per heavy atom. The number of rotatable bonds is 7. The monoisotopic (exact) mass is 441 g/mol. The van der Waals surface area contributed by atoms with Gasteiger partial charge in [-0.3, -0.25) is 14.6 Å². The van der Waals surface area contributed by atoms with Gasteiger partial charge in [0.05, 0.1) is 28.1 Å². The van der Waals surface area contributed by atoms with Gasteiger partial charge in [0.15, 0.2) is 0 Å². The van der Waals surface area contributed by atoms with Gasteiger partial charge in [-0.1, -0.05) is 17.7 Å². The van der Waals surface area contributed by atoms with E-state index in [-0.39, 0.29) is 17.9 Å². The molecule has 1 aromatic carbocycles. The normalized spacial score (nSPS) is 18.5. The molecule has 0 spiro atoms. The number of hydrogen-bond acceptors (Lipinski definition) is 4. The first-order valence-corrected chi connectivity index (χ1v) is 11.3. The molecule has 1 N–H and O–H groups in total. The third-order valence-corrected chi connectivity index (χ3v) is 6.14. The van der Waals surface area contributed by atoms with Crippen molar-refractivity contribution in [2.75, 3.05) is 24.6 Å². The number of pyridine rings is 1. The Morgan fingerprint density at radius 1 is 1.19 bits per heavy atom. The van der Waals surface area contributed by atoms with E-state index in [0.717, 1.165) is 55.7 Å². The zero-order valence-electron chi connectivity index (χ0n) is 17.8. The number of halogens is 1. The molecule has 0 radical (unpaired) electrons. The first-order chi connectivity index (χ1) is 15.0. The summed E-state index contributed by atoms with van der Waals surface area (Å²) in [6.07, 6.45) is 7.21. The van der Waals surface area contributed by atoms with Gasteiger partial charge in [0, 0.05) is 38.4 Å². The largest absolute Gasteiger partial charge is 0.376 e. The van der Waals surface area contributed by atoms with Crippen LogP contribution >= 0.6 is 11.6 Å². The quantitative estimate of drug-likeness (QED) is 0.688. The number of aromatic nitrogens is 1. The van der Waals surface area contributed by atoms with E-state index in [1.807, 2.05) is 24.3 Å². The molecular weight excluding hydrogens is 414 g/mol. The third kappa shape index (κ3) is 5.63. The summed E-state index contributed by atoms with van der Waals surface area (Å²) in [7, 11) is 0. The summed E-state index contributed by atoms with van der Waals surface area (Å²) in [5.74, 6) is 0.414. The number of carbonyl (C=O) groups excluding carboxylic acids is 2. The van der Waals surface area contributed by atoms with Crippen molar-refractivity contribution < 1.29 is 14.3 Å². The summed E-state index contributed by atoms with van der Waals surface area (Å²) >= 11 is 6.52. The van der Waals surface area contributed by atoms with Gasteiger partial charge in [-0.25, -0.2) is 0 Å². The summed E-state index contributed by atoms with van der Waals surface area (Å²) in [5.41, 5.74) is 2.80. The van der Waals surface area contributed by atoms with Crippen LogP contribution in [0.15, 0.2) is 36.5 Å². The van der Waals surface area contributed by atoms with Gasteiger partial charge in [-0.15, -0.1) is 0 Å². The molecule has 1 aromatic heterocycles. The summed E-state index contributed by atoms with van der Waals surface area (Å²) in [6.45, 7) is 3.56. The molecule has 1 saturated heterocycles. The standard InChI is InChI=1S/C24H28ClN3O3/c1-16(29)28(15-17-5-6-17)23-10-8-18(12-21(23)25)22-9-7-19(13-26-22)24(30)27-14-20-4-2-3-11-31-20/h7-10,12-13,17,20H,2-6,11,14-15H2,1H3,(H,27,30). The number of nitrogens with one attached hydrogen (secondary N) is 1. The van der Waals surface area contributed by atoms with E-state index >= 15 is 0 Å². The minimum atomic E-state index is -0.154. The van der Waals surface area contributed by atoms with Crippen LogP contribution in [0.25, 0.3) is 11.3 Å². The van der Waals surface area contributed by atoms with Crippen LogP contribution in [-0.2, 0) is 9.53 Å². The van der Waals surface area contributed by atoms with Gasteiger partial charge < -0.3 is 15.0 Å². The molecule has 2 heterocycles. The fourth-order valence-electron chi connectivity index (χ4n) is 3.82. The maximum atomic E-state index is 12.4. The van der Waals surface area contributed by atoms with E-state index in [4.69, 9.17) is 16.3 Å². The summed E-state index contributed by atoms with van der Waals surface area (Å²) in [4.78, 5) is 30.7. The fraction of sp³-hybridized carbons (Fsp3) is 0.458. The second kappa shape index (κ2) is 9.79. The minimum Gasteiger partial charge on any atom is -0.376 e. The van der Waals surface area contributed by atoms with E-state index in [1.165, 1.54) is 0 Å². The Kier molecular flexibility index (Phi) is 6.88. The van der Waals surface area contributed by atoms with Crippen LogP contribution in [0.1, 0.15) is 49.4 Å². The van der Waals surface area contributed by atoms with Crippen LogP contribution in [0, 0.1) is 5.92 Å². The second-order valence-corrected chi connectivity index (χ2v) is 8.78. The number of amides is 2. The minimum absolute atomic E-state index is 0.00586. The smallest absolute Gasteiger partial charge is 0.252 e. The summed E-state index contributed by atoms with van der Waals surface area (Å²) in [6, 6.07) is 9.17. The highest BCUT2D eigenvalue weighted by molar-refractivity contribution is 6.34. The molecule has 2 amide bonds. The van der Waals surface area contributed by atoms with Crippen LogP contribution in [0.2, 0.25) is 5.02 Å². The molecule has 4 rings (SSSR count). The van der Waals surface area contributed by atoms with Crippen LogP contribution in [0.3, 0.4) is 0 Å². The van der Waals surface area contributed by atoms with Crippen LogP contribution in [0.4, 0.5) is 5.69 Å². The highest BCUT2D eigenvalue weighted by Crippen LogP contribution is 2.35. The molecule has 1 saturated carbocycles. The zero-order valence-corrected chi connectivity index (χ0v) is 18.5. The molecule has 1 aliphatic heterocycles. The van der Waals surface area contributed by atoms with Crippen molar-refractivity contribution in [3.05, 3.63) is 47.1 Å². The van der Waals surface area contributed by atoms with E-state index in [1.54, 1.807) is 24.1 Å². The number of benzene rings is 1. The molecule has 1 atom stereocenters. The van der Waals surface area contributed by atoms with Crippen molar-refractivity contribution in [1.82, 2.24) is 10.3 Å². The van der Waals surface area contributed by atoms with E-state index in [0.29, 0.717) is 29.6 Å². The Balaban J connectivity index is 1.41. The van der Waals surface area contributed by atoms with Crippen molar-refractivity contribution in [2.24, 2.45) is 5.92 Å². The lowest BCUT2D eigenvalue weighted by atomic mass is 10.1. The molecule has 31 heavy (non-hydrogen) atoms. The predicted molar refractivity (Wildman–Crippen MR) is 121 cm³/mol. The lowest BCUT2D eigenvalue weighted by Gasteiger charge is -2.23. The van der Waals surface area contributed by atoms with Gasteiger partial charge in [-0.05, 0) is 62.3 Å². The Morgan fingerprint density at radius 2 is 2.03 bits per heavy atom. The molecule has 6 nitrogen and oxygen atoms in total. The number of carbonyl (C=O) groups is 2. The number of nitrogens with zero attached hydrogens (tertiary/aromatic N) is 2. The van der Waals surface area contributed by atoms with E-state index in [9.17, 15) is 9.59 Å². The van der Waals surface area contributed by atoms with Crippen LogP contribution < -0.4 is 10.2 Å². The van der Waals surface area contributed by atoms with Gasteiger partial charge >= 0.3 is 0 Å². The average molecular weight is 442 g/mol. The Hall–Kier alpha value is -2.44. The fourth-order valence-corrected chi connectivity index (χ4v) is 4.10. The molecule has 2 fully saturated rings. The molecule has 7 heteroatoms. The van der Waals surface area contributed by atoms with Gasteiger partial charge in [0.2, 0.25) is 5.91 Å². The van der Waals surface area contributed by atoms with Gasteiger partial charge in [0.1, 0.15) is 0 Å². The molecule has 2 aromatic rings. The lowest BCUT2D eigenvalue weighted by Crippen LogP contribution is -2.35. The Bertz CT molecular complexity index is 938. The zero-order chi connectivity index (χ0) is 21.8.